The maximum Gasteiger partial charge on any atom is 0.257 e. The van der Waals surface area contributed by atoms with Crippen LogP contribution in [0.15, 0.2) is 12.3 Å². The quantitative estimate of drug-likeness (QED) is 0.839. The summed E-state index contributed by atoms with van der Waals surface area (Å²) in [4.78, 5) is 29.4. The Morgan fingerprint density at radius 1 is 1.24 bits per heavy atom. The lowest BCUT2D eigenvalue weighted by molar-refractivity contribution is 0.0828. The largest absolute Gasteiger partial charge is 0.356 e. The van der Waals surface area contributed by atoms with Crippen LogP contribution >= 0.6 is 0 Å². The van der Waals surface area contributed by atoms with Gasteiger partial charge in [0, 0.05) is 38.8 Å². The third-order valence-corrected chi connectivity index (χ3v) is 3.71. The maximum atomic E-state index is 12.5. The van der Waals surface area contributed by atoms with Gasteiger partial charge in [-0.1, -0.05) is 0 Å². The van der Waals surface area contributed by atoms with Gasteiger partial charge in [-0.3, -0.25) is 4.79 Å². The number of hydrogen-bond acceptors (Lipinski definition) is 5. The summed E-state index contributed by atoms with van der Waals surface area (Å²) in [5.41, 5.74) is 1.28. The summed E-state index contributed by atoms with van der Waals surface area (Å²) in [5, 5.41) is 0.800. The van der Waals surface area contributed by atoms with E-state index in [1.807, 2.05) is 13.0 Å². The van der Waals surface area contributed by atoms with Crippen LogP contribution in [0.1, 0.15) is 29.0 Å². The highest BCUT2D eigenvalue weighted by Crippen LogP contribution is 2.26. The van der Waals surface area contributed by atoms with Crippen molar-refractivity contribution in [1.82, 2.24) is 19.9 Å². The zero-order valence-electron chi connectivity index (χ0n) is 12.6. The van der Waals surface area contributed by atoms with E-state index in [1.54, 1.807) is 25.2 Å². The predicted molar refractivity (Wildman–Crippen MR) is 81.5 cm³/mol. The number of amides is 1. The molecule has 1 aliphatic rings. The number of aryl methyl sites for hydroxylation is 1. The van der Waals surface area contributed by atoms with Gasteiger partial charge >= 0.3 is 0 Å². The predicted octanol–water partition coefficient (Wildman–Crippen LogP) is 1.64. The summed E-state index contributed by atoms with van der Waals surface area (Å²) >= 11 is 0. The lowest BCUT2D eigenvalue weighted by Gasteiger charge is -2.21. The van der Waals surface area contributed by atoms with Crippen molar-refractivity contribution < 1.29 is 4.79 Å². The molecule has 0 spiro atoms. The number of carbonyl (C=O) groups is 1. The lowest BCUT2D eigenvalue weighted by atomic mass is 10.1. The van der Waals surface area contributed by atoms with E-state index in [9.17, 15) is 4.79 Å². The maximum absolute atomic E-state index is 12.5. The second-order valence-corrected chi connectivity index (χ2v) is 5.58. The van der Waals surface area contributed by atoms with Crippen molar-refractivity contribution in [3.63, 3.8) is 0 Å². The fourth-order valence-electron chi connectivity index (χ4n) is 2.61. The summed E-state index contributed by atoms with van der Waals surface area (Å²) in [7, 11) is 3.51. The fourth-order valence-corrected chi connectivity index (χ4v) is 2.61. The molecule has 0 bridgehead atoms. The second-order valence-electron chi connectivity index (χ2n) is 5.58. The summed E-state index contributed by atoms with van der Waals surface area (Å²) in [6, 6.07) is 1.86. The molecule has 3 rings (SSSR count). The average Bonchev–Trinajstić information content (AvgIpc) is 2.99. The number of pyridine rings is 1. The van der Waals surface area contributed by atoms with E-state index in [0.717, 1.165) is 37.1 Å². The Morgan fingerprint density at radius 2 is 1.95 bits per heavy atom. The lowest BCUT2D eigenvalue weighted by Crippen LogP contribution is -2.27. The standard InChI is InChI=1S/C15H19N5O/c1-10-16-9-11-8-12(15(21)19(2)3)14(18-13(11)17-10)20-6-4-5-7-20/h8-9H,4-7H2,1-3H3. The first-order chi connectivity index (χ1) is 10.1. The summed E-state index contributed by atoms with van der Waals surface area (Å²) in [6.07, 6.45) is 4.00. The van der Waals surface area contributed by atoms with Crippen molar-refractivity contribution in [3.8, 4) is 0 Å². The molecule has 3 heterocycles. The summed E-state index contributed by atoms with van der Waals surface area (Å²) in [6.45, 7) is 3.72. The minimum absolute atomic E-state index is 0.0353. The fraction of sp³-hybridized carbons (Fsp3) is 0.467. The SMILES string of the molecule is Cc1ncc2cc(C(=O)N(C)C)c(N3CCCC3)nc2n1. The van der Waals surface area contributed by atoms with Crippen LogP contribution in [0.25, 0.3) is 11.0 Å². The number of hydrogen-bond donors (Lipinski definition) is 0. The summed E-state index contributed by atoms with van der Waals surface area (Å²) < 4.78 is 0. The highest BCUT2D eigenvalue weighted by atomic mass is 16.2. The highest BCUT2D eigenvalue weighted by Gasteiger charge is 2.23. The van der Waals surface area contributed by atoms with Gasteiger partial charge in [0.15, 0.2) is 5.65 Å². The van der Waals surface area contributed by atoms with Gasteiger partial charge < -0.3 is 9.80 Å². The molecule has 1 fully saturated rings. The molecule has 0 radical (unpaired) electrons. The number of nitrogens with zero attached hydrogens (tertiary/aromatic N) is 5. The van der Waals surface area contributed by atoms with Crippen LogP contribution in [-0.2, 0) is 0 Å². The number of aromatic nitrogens is 3. The van der Waals surface area contributed by atoms with Gasteiger partial charge in [-0.2, -0.15) is 0 Å². The first-order valence-corrected chi connectivity index (χ1v) is 7.17. The van der Waals surface area contributed by atoms with Gasteiger partial charge in [0.2, 0.25) is 0 Å². The van der Waals surface area contributed by atoms with Crippen molar-refractivity contribution in [1.29, 1.82) is 0 Å². The number of fused-ring (bicyclic) bond motifs is 1. The Kier molecular flexibility index (Phi) is 3.45. The van der Waals surface area contributed by atoms with Gasteiger partial charge in [0.1, 0.15) is 11.6 Å². The van der Waals surface area contributed by atoms with E-state index in [2.05, 4.69) is 19.9 Å². The molecule has 1 amide bonds. The van der Waals surface area contributed by atoms with Crippen LogP contribution < -0.4 is 4.90 Å². The molecule has 1 aliphatic heterocycles. The van der Waals surface area contributed by atoms with Gasteiger partial charge in [-0.25, -0.2) is 15.0 Å². The molecule has 2 aromatic rings. The first-order valence-electron chi connectivity index (χ1n) is 7.17. The molecular weight excluding hydrogens is 266 g/mol. The van der Waals surface area contributed by atoms with Crippen LogP contribution in [0, 0.1) is 6.92 Å². The number of anilines is 1. The third-order valence-electron chi connectivity index (χ3n) is 3.71. The minimum atomic E-state index is -0.0353. The van der Waals surface area contributed by atoms with Crippen LogP contribution in [-0.4, -0.2) is 52.9 Å². The van der Waals surface area contributed by atoms with Crippen molar-refractivity contribution in [2.45, 2.75) is 19.8 Å². The zero-order valence-corrected chi connectivity index (χ0v) is 12.6. The monoisotopic (exact) mass is 285 g/mol. The van der Waals surface area contributed by atoms with Crippen LogP contribution in [0.2, 0.25) is 0 Å². The van der Waals surface area contributed by atoms with Gasteiger partial charge in [-0.15, -0.1) is 0 Å². The summed E-state index contributed by atoms with van der Waals surface area (Å²) in [5.74, 6) is 1.40. The van der Waals surface area contributed by atoms with E-state index < -0.39 is 0 Å². The van der Waals surface area contributed by atoms with Crippen molar-refractivity contribution >= 4 is 22.8 Å². The Labute approximate surface area is 123 Å². The Morgan fingerprint density at radius 3 is 2.62 bits per heavy atom. The third kappa shape index (κ3) is 2.53. The van der Waals surface area contributed by atoms with E-state index >= 15 is 0 Å². The average molecular weight is 285 g/mol. The Bertz CT molecular complexity index is 692. The van der Waals surface area contributed by atoms with Crippen molar-refractivity contribution in [2.24, 2.45) is 0 Å². The van der Waals surface area contributed by atoms with E-state index in [1.165, 1.54) is 0 Å². The smallest absolute Gasteiger partial charge is 0.257 e. The molecule has 1 saturated heterocycles. The molecule has 0 saturated carbocycles. The molecule has 2 aromatic heterocycles. The van der Waals surface area contributed by atoms with Gasteiger partial charge in [-0.05, 0) is 25.8 Å². The van der Waals surface area contributed by atoms with Crippen LogP contribution in [0.3, 0.4) is 0 Å². The van der Waals surface area contributed by atoms with Gasteiger partial charge in [0.05, 0.1) is 5.56 Å². The zero-order chi connectivity index (χ0) is 15.0. The molecule has 110 valence electrons. The molecule has 0 N–H and O–H groups in total. The molecule has 0 aliphatic carbocycles. The molecule has 6 heteroatoms. The molecule has 21 heavy (non-hydrogen) atoms. The second kappa shape index (κ2) is 5.27. The van der Waals surface area contributed by atoms with Crippen molar-refractivity contribution in [2.75, 3.05) is 32.1 Å². The Hall–Kier alpha value is -2.24. The van der Waals surface area contributed by atoms with Crippen molar-refractivity contribution in [3.05, 3.63) is 23.7 Å². The van der Waals surface area contributed by atoms with Gasteiger partial charge in [0.25, 0.3) is 5.91 Å². The molecular formula is C15H19N5O. The highest BCUT2D eigenvalue weighted by molar-refractivity contribution is 6.01. The van der Waals surface area contributed by atoms with Crippen LogP contribution in [0.5, 0.6) is 0 Å². The molecule has 0 unspecified atom stereocenters. The normalized spacial score (nSPS) is 14.7. The Balaban J connectivity index is 2.19. The molecule has 6 nitrogen and oxygen atoms in total. The number of carbonyl (C=O) groups excluding carboxylic acids is 1. The van der Waals surface area contributed by atoms with E-state index in [4.69, 9.17) is 0 Å². The number of rotatable bonds is 2. The topological polar surface area (TPSA) is 62.2 Å². The molecule has 0 atom stereocenters. The first kappa shape index (κ1) is 13.7. The van der Waals surface area contributed by atoms with E-state index in [-0.39, 0.29) is 5.91 Å². The molecule has 0 aromatic carbocycles. The minimum Gasteiger partial charge on any atom is -0.356 e. The van der Waals surface area contributed by atoms with E-state index in [0.29, 0.717) is 17.0 Å². The van der Waals surface area contributed by atoms with Crippen LogP contribution in [0.4, 0.5) is 5.82 Å².